The third-order valence-corrected chi connectivity index (χ3v) is 6.07. The molecule has 0 fully saturated rings. The molecule has 0 unspecified atom stereocenters. The highest BCUT2D eigenvalue weighted by Crippen LogP contribution is 2.33. The van der Waals surface area contributed by atoms with Gasteiger partial charge in [-0.3, -0.25) is 4.98 Å². The van der Waals surface area contributed by atoms with Crippen molar-refractivity contribution in [3.63, 3.8) is 0 Å². The molecule has 0 spiro atoms. The Morgan fingerprint density at radius 3 is 2.76 bits per heavy atom. The van der Waals surface area contributed by atoms with Gasteiger partial charge in [-0.2, -0.15) is 0 Å². The van der Waals surface area contributed by atoms with E-state index in [2.05, 4.69) is 36.5 Å². The summed E-state index contributed by atoms with van der Waals surface area (Å²) in [6.07, 6.45) is 5.30. The normalized spacial score (nSPS) is 11.0. The zero-order valence-corrected chi connectivity index (χ0v) is 19.0. The highest BCUT2D eigenvalue weighted by atomic mass is 32.1. The number of aromatic nitrogens is 5. The van der Waals surface area contributed by atoms with Gasteiger partial charge in [-0.1, -0.05) is 23.5 Å². The van der Waals surface area contributed by atoms with Crippen molar-refractivity contribution in [1.82, 2.24) is 25.1 Å². The van der Waals surface area contributed by atoms with E-state index in [1.165, 1.54) is 11.3 Å². The number of nitrogens with one attached hydrogen (secondary N) is 2. The van der Waals surface area contributed by atoms with Gasteiger partial charge in [0.05, 0.1) is 31.8 Å². The maximum Gasteiger partial charge on any atom is 0.232 e. The molecule has 166 valence electrons. The molecule has 0 saturated carbocycles. The van der Waals surface area contributed by atoms with Gasteiger partial charge in [0.25, 0.3) is 0 Å². The van der Waals surface area contributed by atoms with E-state index in [1.54, 1.807) is 19.5 Å². The van der Waals surface area contributed by atoms with Crippen LogP contribution in [0.2, 0.25) is 0 Å². The molecule has 3 aromatic heterocycles. The fraction of sp³-hybridized carbons (Fsp3) is 0.167. The lowest BCUT2D eigenvalue weighted by atomic mass is 10.1. The molecule has 0 atom stereocenters. The zero-order chi connectivity index (χ0) is 22.6. The summed E-state index contributed by atoms with van der Waals surface area (Å²) in [5, 5.41) is 14.7. The van der Waals surface area contributed by atoms with Gasteiger partial charge in [-0.25, -0.2) is 4.98 Å². The molecule has 3 heterocycles. The van der Waals surface area contributed by atoms with Crippen LogP contribution >= 0.6 is 11.3 Å². The lowest BCUT2D eigenvalue weighted by Crippen LogP contribution is -1.98. The predicted molar refractivity (Wildman–Crippen MR) is 130 cm³/mol. The number of hydrogen-bond acceptors (Lipinski definition) is 8. The number of anilines is 1. The minimum Gasteiger partial charge on any atom is -0.497 e. The van der Waals surface area contributed by atoms with Crippen molar-refractivity contribution >= 4 is 27.4 Å². The van der Waals surface area contributed by atoms with Crippen LogP contribution in [0.4, 0.5) is 5.13 Å². The van der Waals surface area contributed by atoms with Crippen molar-refractivity contribution < 1.29 is 9.47 Å². The van der Waals surface area contributed by atoms with Crippen molar-refractivity contribution in [2.45, 2.75) is 13.5 Å². The Labute approximate surface area is 194 Å². The van der Waals surface area contributed by atoms with Gasteiger partial charge in [-0.15, -0.1) is 10.2 Å². The van der Waals surface area contributed by atoms with Gasteiger partial charge in [0.2, 0.25) is 11.0 Å². The van der Waals surface area contributed by atoms with Crippen LogP contribution in [0.25, 0.3) is 32.7 Å². The van der Waals surface area contributed by atoms with E-state index in [0.717, 1.165) is 49.2 Å². The average Bonchev–Trinajstić information content (AvgIpc) is 3.50. The summed E-state index contributed by atoms with van der Waals surface area (Å²) in [7, 11) is 1.66. The van der Waals surface area contributed by atoms with E-state index in [0.29, 0.717) is 19.0 Å². The summed E-state index contributed by atoms with van der Waals surface area (Å²) in [4.78, 5) is 12.2. The van der Waals surface area contributed by atoms with Gasteiger partial charge in [0.1, 0.15) is 10.8 Å². The fourth-order valence-corrected chi connectivity index (χ4v) is 4.23. The Morgan fingerprint density at radius 1 is 1.06 bits per heavy atom. The molecule has 0 aliphatic rings. The van der Waals surface area contributed by atoms with Crippen LogP contribution in [0.15, 0.2) is 61.1 Å². The first-order chi connectivity index (χ1) is 16.2. The largest absolute Gasteiger partial charge is 0.497 e. The number of rotatable bonds is 8. The molecule has 9 heteroatoms. The van der Waals surface area contributed by atoms with Gasteiger partial charge < -0.3 is 19.8 Å². The SMILES string of the molecule is CCOc1cncc(-c2c[nH]c3ccc(-c4nnc(NCc5ccc(OC)cc5)s4)cc23)n1. The van der Waals surface area contributed by atoms with Crippen LogP contribution in [-0.2, 0) is 6.54 Å². The Bertz CT molecular complexity index is 1380. The number of H-pyrrole nitrogens is 1. The third-order valence-electron chi connectivity index (χ3n) is 5.14. The molecule has 2 aromatic carbocycles. The predicted octanol–water partition coefficient (Wildman–Crippen LogP) is 5.16. The second-order valence-corrected chi connectivity index (χ2v) is 8.23. The molecule has 0 aliphatic heterocycles. The number of ether oxygens (including phenoxy) is 2. The molecule has 0 radical (unpaired) electrons. The fourth-order valence-electron chi connectivity index (χ4n) is 3.49. The topological polar surface area (TPSA) is 97.8 Å². The molecule has 2 N–H and O–H groups in total. The van der Waals surface area contributed by atoms with E-state index >= 15 is 0 Å². The standard InChI is InChI=1S/C24H22N6O2S/c1-3-32-22-14-25-13-21(28-22)19-12-26-20-9-6-16(10-18(19)20)23-29-30-24(33-23)27-11-15-4-7-17(31-2)8-5-15/h4-10,12-14,26H,3,11H2,1-2H3,(H,27,30). The summed E-state index contributed by atoms with van der Waals surface area (Å²) in [6, 6.07) is 14.1. The highest BCUT2D eigenvalue weighted by molar-refractivity contribution is 7.18. The van der Waals surface area contributed by atoms with Crippen molar-refractivity contribution in [2.75, 3.05) is 19.0 Å². The quantitative estimate of drug-likeness (QED) is 0.331. The average molecular weight is 459 g/mol. The summed E-state index contributed by atoms with van der Waals surface area (Å²) in [5.41, 5.74) is 4.86. The highest BCUT2D eigenvalue weighted by Gasteiger charge is 2.13. The molecule has 33 heavy (non-hydrogen) atoms. The van der Waals surface area contributed by atoms with Crippen LogP contribution in [0, 0.1) is 0 Å². The Kier molecular flexibility index (Phi) is 5.86. The van der Waals surface area contributed by atoms with Gasteiger partial charge in [-0.05, 0) is 42.8 Å². The van der Waals surface area contributed by atoms with E-state index < -0.39 is 0 Å². The minimum atomic E-state index is 0.511. The summed E-state index contributed by atoms with van der Waals surface area (Å²) in [6.45, 7) is 3.13. The van der Waals surface area contributed by atoms with Crippen LogP contribution in [0.3, 0.4) is 0 Å². The third kappa shape index (κ3) is 4.49. The summed E-state index contributed by atoms with van der Waals surface area (Å²) in [5.74, 6) is 1.35. The van der Waals surface area contributed by atoms with Gasteiger partial charge >= 0.3 is 0 Å². The van der Waals surface area contributed by atoms with E-state index in [1.807, 2.05) is 49.5 Å². The van der Waals surface area contributed by atoms with Crippen LogP contribution in [0.1, 0.15) is 12.5 Å². The maximum absolute atomic E-state index is 5.51. The first-order valence-electron chi connectivity index (χ1n) is 10.5. The zero-order valence-electron chi connectivity index (χ0n) is 18.2. The van der Waals surface area contributed by atoms with Crippen LogP contribution in [-0.4, -0.2) is 38.9 Å². The molecule has 0 aliphatic carbocycles. The summed E-state index contributed by atoms with van der Waals surface area (Å²) < 4.78 is 10.7. The van der Waals surface area contributed by atoms with Crippen molar-refractivity contribution in [1.29, 1.82) is 0 Å². The molecule has 8 nitrogen and oxygen atoms in total. The second-order valence-electron chi connectivity index (χ2n) is 7.25. The van der Waals surface area contributed by atoms with Crippen molar-refractivity contribution in [3.05, 3.63) is 66.6 Å². The first kappa shape index (κ1) is 20.9. The number of nitrogens with zero attached hydrogens (tertiary/aromatic N) is 4. The minimum absolute atomic E-state index is 0.511. The summed E-state index contributed by atoms with van der Waals surface area (Å²) >= 11 is 1.52. The molecular formula is C24H22N6O2S. The van der Waals surface area contributed by atoms with Crippen molar-refractivity contribution in [2.24, 2.45) is 0 Å². The Hall–Kier alpha value is -3.98. The number of benzene rings is 2. The van der Waals surface area contributed by atoms with E-state index in [9.17, 15) is 0 Å². The Morgan fingerprint density at radius 2 is 1.94 bits per heavy atom. The molecular weight excluding hydrogens is 436 g/mol. The van der Waals surface area contributed by atoms with E-state index in [4.69, 9.17) is 9.47 Å². The van der Waals surface area contributed by atoms with E-state index in [-0.39, 0.29) is 0 Å². The Balaban J connectivity index is 1.37. The molecule has 0 bridgehead atoms. The lowest BCUT2D eigenvalue weighted by Gasteiger charge is -2.04. The number of fused-ring (bicyclic) bond motifs is 1. The number of hydrogen-bond donors (Lipinski definition) is 2. The molecule has 0 amide bonds. The van der Waals surface area contributed by atoms with Crippen molar-refractivity contribution in [3.8, 4) is 33.5 Å². The molecule has 0 saturated heterocycles. The molecule has 5 aromatic rings. The monoisotopic (exact) mass is 458 g/mol. The maximum atomic E-state index is 5.51. The lowest BCUT2D eigenvalue weighted by molar-refractivity contribution is 0.325. The van der Waals surface area contributed by atoms with Gasteiger partial charge in [0.15, 0.2) is 0 Å². The molecule has 5 rings (SSSR count). The smallest absolute Gasteiger partial charge is 0.232 e. The van der Waals surface area contributed by atoms with Crippen LogP contribution < -0.4 is 14.8 Å². The van der Waals surface area contributed by atoms with Gasteiger partial charge in [0, 0.05) is 34.8 Å². The number of methoxy groups -OCH3 is 1. The first-order valence-corrected chi connectivity index (χ1v) is 11.3. The second kappa shape index (κ2) is 9.25. The van der Waals surface area contributed by atoms with Crippen LogP contribution in [0.5, 0.6) is 11.6 Å². The number of aromatic amines is 1.